The number of carboxylic acid groups (broad SMARTS) is 1. The van der Waals surface area contributed by atoms with Crippen LogP contribution in [0.25, 0.3) is 10.4 Å². The fraction of sp³-hybridized carbons (Fsp3) is 0.125. The predicted molar refractivity (Wildman–Crippen MR) is 80.5 cm³/mol. The van der Waals surface area contributed by atoms with E-state index in [1.807, 2.05) is 0 Å². The molecule has 2 unspecified atom stereocenters. The Kier molecular flexibility index (Phi) is 4.90. The Morgan fingerprint density at radius 3 is 2.05 bits per heavy atom. The van der Waals surface area contributed by atoms with Gasteiger partial charge in [-0.25, -0.2) is 0 Å². The molecule has 0 aliphatic heterocycles. The average Bonchev–Trinajstić information content (AvgIpc) is 2.56. The van der Waals surface area contributed by atoms with E-state index in [2.05, 4.69) is 10.0 Å². The van der Waals surface area contributed by atoms with Gasteiger partial charge in [-0.15, -0.1) is 0 Å². The predicted octanol–water partition coefficient (Wildman–Crippen LogP) is 3.42. The highest BCUT2D eigenvalue weighted by atomic mass is 16.4. The molecule has 0 bridgehead atoms. The van der Waals surface area contributed by atoms with Crippen LogP contribution in [0.5, 0.6) is 0 Å². The summed E-state index contributed by atoms with van der Waals surface area (Å²) in [6.45, 7) is 0. The first-order chi connectivity index (χ1) is 10.6. The first-order valence-corrected chi connectivity index (χ1v) is 6.56. The first kappa shape index (κ1) is 15.3. The number of carbonyl (C=O) groups is 2. The van der Waals surface area contributed by atoms with Crippen LogP contribution < -0.4 is 0 Å². The minimum Gasteiger partial charge on any atom is -0.481 e. The van der Waals surface area contributed by atoms with Crippen molar-refractivity contribution in [2.24, 2.45) is 5.11 Å². The number of nitrogens with zero attached hydrogens (tertiary/aromatic N) is 3. The summed E-state index contributed by atoms with van der Waals surface area (Å²) in [6, 6.07) is 15.3. The summed E-state index contributed by atoms with van der Waals surface area (Å²) in [4.78, 5) is 26.7. The van der Waals surface area contributed by atoms with Crippen molar-refractivity contribution in [3.05, 3.63) is 82.2 Å². The molecule has 0 aliphatic rings. The molecule has 2 rings (SSSR count). The van der Waals surface area contributed by atoms with E-state index in [4.69, 9.17) is 5.53 Å². The number of benzene rings is 2. The smallest absolute Gasteiger partial charge is 0.313 e. The molecular weight excluding hydrogens is 282 g/mol. The van der Waals surface area contributed by atoms with E-state index in [1.54, 1.807) is 60.7 Å². The van der Waals surface area contributed by atoms with Crippen molar-refractivity contribution in [1.29, 1.82) is 0 Å². The fourth-order valence-electron chi connectivity index (χ4n) is 2.23. The highest BCUT2D eigenvalue weighted by Crippen LogP contribution is 2.27. The molecule has 0 amide bonds. The second-order valence-corrected chi connectivity index (χ2v) is 4.61. The average molecular weight is 295 g/mol. The van der Waals surface area contributed by atoms with Gasteiger partial charge in [0.2, 0.25) is 0 Å². The van der Waals surface area contributed by atoms with Crippen molar-refractivity contribution in [2.75, 3.05) is 0 Å². The van der Waals surface area contributed by atoms with Crippen LogP contribution in [0.4, 0.5) is 0 Å². The zero-order valence-electron chi connectivity index (χ0n) is 11.5. The normalized spacial score (nSPS) is 12.7. The van der Waals surface area contributed by atoms with Crippen LogP contribution in [0, 0.1) is 0 Å². The lowest BCUT2D eigenvalue weighted by atomic mass is 9.85. The lowest BCUT2D eigenvalue weighted by Gasteiger charge is -2.20. The van der Waals surface area contributed by atoms with E-state index >= 15 is 0 Å². The van der Waals surface area contributed by atoms with Gasteiger partial charge < -0.3 is 5.11 Å². The third-order valence-electron chi connectivity index (χ3n) is 3.24. The summed E-state index contributed by atoms with van der Waals surface area (Å²) >= 11 is 0. The van der Waals surface area contributed by atoms with Crippen LogP contribution in [-0.2, 0) is 4.79 Å². The molecule has 0 spiro atoms. The summed E-state index contributed by atoms with van der Waals surface area (Å²) in [5.74, 6) is -2.81. The Hall–Kier alpha value is -3.11. The molecule has 6 heteroatoms. The van der Waals surface area contributed by atoms with Crippen molar-refractivity contribution in [2.45, 2.75) is 12.0 Å². The number of Topliss-reactive ketones (excluding diaryl/α,β-unsaturated/α-hetero) is 1. The van der Waals surface area contributed by atoms with Gasteiger partial charge in [0.05, 0.1) is 5.92 Å². The zero-order chi connectivity index (χ0) is 15.9. The molecule has 0 fully saturated rings. The quantitative estimate of drug-likeness (QED) is 0.382. The Morgan fingerprint density at radius 1 is 1.00 bits per heavy atom. The largest absolute Gasteiger partial charge is 0.481 e. The molecule has 0 aromatic heterocycles. The SMILES string of the molecule is [N-]=[N+]=NC(C(=O)O)C(C(=O)c1ccccc1)c1ccccc1. The molecule has 0 heterocycles. The van der Waals surface area contributed by atoms with Crippen LogP contribution >= 0.6 is 0 Å². The van der Waals surface area contributed by atoms with Gasteiger partial charge in [-0.05, 0) is 11.1 Å². The van der Waals surface area contributed by atoms with E-state index in [1.165, 1.54) is 0 Å². The first-order valence-electron chi connectivity index (χ1n) is 6.56. The molecule has 0 saturated carbocycles. The minimum absolute atomic E-state index is 0.371. The van der Waals surface area contributed by atoms with Crippen molar-refractivity contribution >= 4 is 11.8 Å². The van der Waals surface area contributed by atoms with Crippen molar-refractivity contribution in [3.63, 3.8) is 0 Å². The third kappa shape index (κ3) is 3.31. The maximum absolute atomic E-state index is 12.7. The van der Waals surface area contributed by atoms with Gasteiger partial charge >= 0.3 is 5.97 Å². The number of aliphatic carboxylic acids is 1. The maximum atomic E-state index is 12.7. The van der Waals surface area contributed by atoms with Crippen LogP contribution in [0.1, 0.15) is 21.8 Å². The summed E-state index contributed by atoms with van der Waals surface area (Å²) in [5, 5.41) is 12.6. The molecule has 0 radical (unpaired) electrons. The van der Waals surface area contributed by atoms with Gasteiger partial charge in [0.15, 0.2) is 5.78 Å². The van der Waals surface area contributed by atoms with Crippen molar-refractivity contribution in [3.8, 4) is 0 Å². The van der Waals surface area contributed by atoms with Crippen LogP contribution in [0.15, 0.2) is 65.8 Å². The molecule has 0 saturated heterocycles. The molecule has 0 aliphatic carbocycles. The Labute approximate surface area is 126 Å². The molecule has 2 aromatic carbocycles. The summed E-state index contributed by atoms with van der Waals surface area (Å²) in [6.07, 6.45) is 0. The summed E-state index contributed by atoms with van der Waals surface area (Å²) < 4.78 is 0. The second-order valence-electron chi connectivity index (χ2n) is 4.61. The van der Waals surface area contributed by atoms with E-state index in [0.29, 0.717) is 11.1 Å². The van der Waals surface area contributed by atoms with Gasteiger partial charge in [-0.2, -0.15) is 0 Å². The van der Waals surface area contributed by atoms with E-state index in [-0.39, 0.29) is 0 Å². The van der Waals surface area contributed by atoms with Crippen LogP contribution in [-0.4, -0.2) is 22.9 Å². The summed E-state index contributed by atoms with van der Waals surface area (Å²) in [7, 11) is 0. The number of carboxylic acids is 1. The molecule has 22 heavy (non-hydrogen) atoms. The topological polar surface area (TPSA) is 103 Å². The monoisotopic (exact) mass is 295 g/mol. The molecule has 1 N–H and O–H groups in total. The van der Waals surface area contributed by atoms with Gasteiger partial charge in [0.25, 0.3) is 0 Å². The van der Waals surface area contributed by atoms with Crippen molar-refractivity contribution in [1.82, 2.24) is 0 Å². The Bertz CT molecular complexity index is 708. The number of azide groups is 1. The number of rotatable bonds is 6. The number of hydrogen-bond donors (Lipinski definition) is 1. The highest BCUT2D eigenvalue weighted by Gasteiger charge is 2.34. The highest BCUT2D eigenvalue weighted by molar-refractivity contribution is 6.04. The number of ketones is 1. The fourth-order valence-corrected chi connectivity index (χ4v) is 2.23. The zero-order valence-corrected chi connectivity index (χ0v) is 11.5. The van der Waals surface area contributed by atoms with Gasteiger partial charge in [0, 0.05) is 10.5 Å². The molecule has 6 nitrogen and oxygen atoms in total. The van der Waals surface area contributed by atoms with Crippen LogP contribution in [0.2, 0.25) is 0 Å². The number of hydrogen-bond acceptors (Lipinski definition) is 3. The molecule has 2 atom stereocenters. The van der Waals surface area contributed by atoms with Gasteiger partial charge in [-0.1, -0.05) is 65.8 Å². The molecule has 110 valence electrons. The summed E-state index contributed by atoms with van der Waals surface area (Å²) in [5.41, 5.74) is 9.48. The van der Waals surface area contributed by atoms with E-state index in [0.717, 1.165) is 0 Å². The minimum atomic E-state index is -1.50. The van der Waals surface area contributed by atoms with E-state index in [9.17, 15) is 14.7 Å². The lowest BCUT2D eigenvalue weighted by Crippen LogP contribution is -2.31. The Morgan fingerprint density at radius 2 is 1.55 bits per heavy atom. The van der Waals surface area contributed by atoms with Gasteiger partial charge in [-0.3, -0.25) is 9.59 Å². The van der Waals surface area contributed by atoms with Crippen LogP contribution in [0.3, 0.4) is 0 Å². The standard InChI is InChI=1S/C16H13N3O3/c17-19-18-14(16(21)22)13(11-7-3-1-4-8-11)15(20)12-9-5-2-6-10-12/h1-10,13-14H,(H,21,22). The van der Waals surface area contributed by atoms with Crippen molar-refractivity contribution < 1.29 is 14.7 Å². The lowest BCUT2D eigenvalue weighted by molar-refractivity contribution is -0.138. The second kappa shape index (κ2) is 7.06. The molecule has 2 aromatic rings. The Balaban J connectivity index is 2.53. The number of carbonyl (C=O) groups excluding carboxylic acids is 1. The maximum Gasteiger partial charge on any atom is 0.313 e. The third-order valence-corrected chi connectivity index (χ3v) is 3.24. The van der Waals surface area contributed by atoms with Gasteiger partial charge in [0.1, 0.15) is 6.04 Å². The van der Waals surface area contributed by atoms with E-state index < -0.39 is 23.7 Å². The molecular formula is C16H13N3O3.